The minimum atomic E-state index is -1.18. The number of fused-ring (bicyclic) bond motifs is 3. The van der Waals surface area contributed by atoms with Crippen molar-refractivity contribution in [1.82, 2.24) is 10.6 Å². The molecule has 2 amide bonds. The predicted molar refractivity (Wildman–Crippen MR) is 133 cm³/mol. The van der Waals surface area contributed by atoms with Gasteiger partial charge in [0, 0.05) is 12.0 Å². The van der Waals surface area contributed by atoms with Crippen LogP contribution in [0.15, 0.2) is 60.7 Å². The first kappa shape index (κ1) is 24.5. The summed E-state index contributed by atoms with van der Waals surface area (Å²) in [5.41, 5.74) is 3.35. The molecule has 7 nitrogen and oxygen atoms in total. The van der Waals surface area contributed by atoms with Crippen molar-refractivity contribution in [3.05, 3.63) is 71.8 Å². The van der Waals surface area contributed by atoms with Gasteiger partial charge in [-0.1, -0.05) is 74.0 Å². The van der Waals surface area contributed by atoms with Crippen LogP contribution in [0.25, 0.3) is 11.1 Å². The van der Waals surface area contributed by atoms with E-state index < -0.39 is 29.6 Å². The lowest BCUT2D eigenvalue weighted by Gasteiger charge is -2.32. The van der Waals surface area contributed by atoms with E-state index in [1.807, 2.05) is 37.3 Å². The number of hydrogen-bond donors (Lipinski definition) is 3. The van der Waals surface area contributed by atoms with Gasteiger partial charge in [0.1, 0.15) is 12.1 Å². The molecule has 1 unspecified atom stereocenters. The lowest BCUT2D eigenvalue weighted by Crippen LogP contribution is -2.58. The summed E-state index contributed by atoms with van der Waals surface area (Å²) in [5.74, 6) is -1.83. The zero-order valence-corrected chi connectivity index (χ0v) is 20.1. The summed E-state index contributed by atoms with van der Waals surface area (Å²) in [5, 5.41) is 15.0. The van der Waals surface area contributed by atoms with Crippen molar-refractivity contribution in [1.29, 1.82) is 0 Å². The second kappa shape index (κ2) is 10.3. The molecule has 0 aromatic heterocycles. The van der Waals surface area contributed by atoms with Gasteiger partial charge < -0.3 is 20.5 Å². The molecule has 184 valence electrons. The molecule has 0 saturated carbocycles. The van der Waals surface area contributed by atoms with Gasteiger partial charge >= 0.3 is 12.1 Å². The summed E-state index contributed by atoms with van der Waals surface area (Å²) in [6.45, 7) is 3.77. The highest BCUT2D eigenvalue weighted by molar-refractivity contribution is 5.90. The van der Waals surface area contributed by atoms with Crippen molar-refractivity contribution in [3.8, 4) is 11.1 Å². The smallest absolute Gasteiger partial charge is 0.408 e. The van der Waals surface area contributed by atoms with Crippen LogP contribution in [0, 0.1) is 5.92 Å². The van der Waals surface area contributed by atoms with Crippen LogP contribution in [0.5, 0.6) is 0 Å². The highest BCUT2D eigenvalue weighted by Gasteiger charge is 2.37. The summed E-state index contributed by atoms with van der Waals surface area (Å²) < 4.78 is 5.65. The number of carbonyl (C=O) groups is 3. The summed E-state index contributed by atoms with van der Waals surface area (Å²) in [6.07, 6.45) is 4.81. The van der Waals surface area contributed by atoms with E-state index in [9.17, 15) is 19.5 Å². The maximum Gasteiger partial charge on any atom is 0.408 e. The predicted octanol–water partition coefficient (Wildman–Crippen LogP) is 4.62. The number of alkyl carbamates (subject to hydrolysis) is 1. The normalized spacial score (nSPS) is 20.3. The van der Waals surface area contributed by atoms with Gasteiger partial charge in [0.15, 0.2) is 0 Å². The number of amides is 2. The summed E-state index contributed by atoms with van der Waals surface area (Å²) in [4.78, 5) is 37.4. The number of hydrogen-bond acceptors (Lipinski definition) is 4. The molecule has 2 aromatic carbocycles. The minimum absolute atomic E-state index is 0.0697. The Bertz CT molecular complexity index is 1100. The minimum Gasteiger partial charge on any atom is -0.481 e. The van der Waals surface area contributed by atoms with Crippen LogP contribution in [-0.4, -0.2) is 41.3 Å². The van der Waals surface area contributed by atoms with Gasteiger partial charge in [0.2, 0.25) is 5.91 Å². The Morgan fingerprint density at radius 1 is 1.06 bits per heavy atom. The molecule has 0 spiro atoms. The molecule has 3 N–H and O–H groups in total. The third-order valence-electron chi connectivity index (χ3n) is 6.97. The van der Waals surface area contributed by atoms with Crippen molar-refractivity contribution in [2.24, 2.45) is 5.92 Å². The Balaban J connectivity index is 1.41. The van der Waals surface area contributed by atoms with Crippen molar-refractivity contribution in [2.75, 3.05) is 6.61 Å². The highest BCUT2D eigenvalue weighted by atomic mass is 16.5. The van der Waals surface area contributed by atoms with Gasteiger partial charge in [-0.25, -0.2) is 4.79 Å². The average molecular weight is 477 g/mol. The molecule has 2 aliphatic carbocycles. The average Bonchev–Trinajstić information content (AvgIpc) is 3.16. The molecule has 0 heterocycles. The Hall–Kier alpha value is -3.61. The Morgan fingerprint density at radius 2 is 1.69 bits per heavy atom. The van der Waals surface area contributed by atoms with Gasteiger partial charge in [0.25, 0.3) is 0 Å². The van der Waals surface area contributed by atoms with E-state index in [0.29, 0.717) is 25.7 Å². The molecule has 0 aliphatic heterocycles. The molecule has 4 rings (SSSR count). The molecule has 7 heteroatoms. The van der Waals surface area contributed by atoms with Crippen molar-refractivity contribution in [2.45, 2.75) is 57.0 Å². The lowest BCUT2D eigenvalue weighted by molar-refractivity contribution is -0.142. The number of carboxylic acid groups (broad SMARTS) is 1. The van der Waals surface area contributed by atoms with Gasteiger partial charge in [-0.2, -0.15) is 0 Å². The monoisotopic (exact) mass is 476 g/mol. The third kappa shape index (κ3) is 5.24. The van der Waals surface area contributed by atoms with Crippen molar-refractivity contribution >= 4 is 18.0 Å². The second-order valence-corrected chi connectivity index (χ2v) is 9.55. The lowest BCUT2D eigenvalue weighted by atomic mass is 9.89. The highest BCUT2D eigenvalue weighted by Crippen LogP contribution is 2.44. The molecule has 0 fully saturated rings. The summed E-state index contributed by atoms with van der Waals surface area (Å²) in [7, 11) is 0. The Morgan fingerprint density at radius 3 is 2.29 bits per heavy atom. The van der Waals surface area contributed by atoms with Crippen molar-refractivity contribution < 1.29 is 24.2 Å². The zero-order chi connectivity index (χ0) is 25.0. The van der Waals surface area contributed by atoms with E-state index >= 15 is 0 Å². The first-order valence-electron chi connectivity index (χ1n) is 12.2. The topological polar surface area (TPSA) is 105 Å². The molecule has 0 bridgehead atoms. The quantitative estimate of drug-likeness (QED) is 0.482. The van der Waals surface area contributed by atoms with Crippen LogP contribution in [0.3, 0.4) is 0 Å². The number of ether oxygens (including phenoxy) is 1. The van der Waals surface area contributed by atoms with E-state index in [1.165, 1.54) is 0 Å². The van der Waals surface area contributed by atoms with Crippen LogP contribution >= 0.6 is 0 Å². The first-order chi connectivity index (χ1) is 16.8. The van der Waals surface area contributed by atoms with Crippen LogP contribution in [-0.2, 0) is 14.3 Å². The molecule has 2 aliphatic rings. The number of carbonyl (C=O) groups excluding carboxylic acids is 2. The van der Waals surface area contributed by atoms with E-state index in [0.717, 1.165) is 22.3 Å². The van der Waals surface area contributed by atoms with Gasteiger partial charge in [-0.15, -0.1) is 0 Å². The second-order valence-electron chi connectivity index (χ2n) is 9.55. The third-order valence-corrected chi connectivity index (χ3v) is 6.97. The largest absolute Gasteiger partial charge is 0.481 e. The van der Waals surface area contributed by atoms with E-state index in [2.05, 4.69) is 34.9 Å². The van der Waals surface area contributed by atoms with E-state index in [-0.39, 0.29) is 18.4 Å². The van der Waals surface area contributed by atoms with Crippen molar-refractivity contribution in [3.63, 3.8) is 0 Å². The van der Waals surface area contributed by atoms with E-state index in [4.69, 9.17) is 4.74 Å². The number of benzene rings is 2. The Kier molecular flexibility index (Phi) is 7.24. The SMILES string of the molecule is CCCC(C)(NC(=O)OCC1c2ccccc2-c2ccccc21)C(=O)N[C@@H]1C=CC[C@@H](C(=O)O)C1. The maximum atomic E-state index is 13.2. The number of aliphatic carboxylic acids is 1. The number of carboxylic acids is 1. The molecular weight excluding hydrogens is 444 g/mol. The molecular formula is C28H32N2O5. The maximum absolute atomic E-state index is 13.2. The van der Waals surface area contributed by atoms with Crippen LogP contribution in [0.1, 0.15) is 56.6 Å². The fourth-order valence-electron chi connectivity index (χ4n) is 5.12. The standard InChI is InChI=1S/C28H32N2O5/c1-3-15-28(2,26(33)29-19-10-8-9-18(16-19)25(31)32)30-27(34)35-17-24-22-13-6-4-11-20(22)21-12-5-7-14-23(21)24/h4-8,10-14,18-19,24H,3,9,15-17H2,1-2H3,(H,29,33)(H,30,34)(H,31,32)/t18-,19-,28?/m1/s1. The molecule has 3 atom stereocenters. The summed E-state index contributed by atoms with van der Waals surface area (Å²) in [6, 6.07) is 15.8. The van der Waals surface area contributed by atoms with Crippen LogP contribution < -0.4 is 10.6 Å². The molecule has 0 saturated heterocycles. The first-order valence-corrected chi connectivity index (χ1v) is 12.2. The van der Waals surface area contributed by atoms with E-state index in [1.54, 1.807) is 13.0 Å². The Labute approximate surface area is 205 Å². The van der Waals surface area contributed by atoms with Gasteiger partial charge in [-0.05, 0) is 48.4 Å². The fraction of sp³-hybridized carbons (Fsp3) is 0.393. The van der Waals surface area contributed by atoms with Gasteiger partial charge in [-0.3, -0.25) is 9.59 Å². The number of nitrogens with one attached hydrogen (secondary N) is 2. The number of rotatable bonds is 8. The molecule has 0 radical (unpaired) electrons. The molecule has 2 aromatic rings. The fourth-order valence-corrected chi connectivity index (χ4v) is 5.12. The zero-order valence-electron chi connectivity index (χ0n) is 20.1. The summed E-state index contributed by atoms with van der Waals surface area (Å²) >= 11 is 0. The van der Waals surface area contributed by atoms with Crippen LogP contribution in [0.2, 0.25) is 0 Å². The molecule has 35 heavy (non-hydrogen) atoms. The number of allylic oxidation sites excluding steroid dienone is 1. The van der Waals surface area contributed by atoms with Crippen LogP contribution in [0.4, 0.5) is 4.79 Å². The van der Waals surface area contributed by atoms with Gasteiger partial charge in [0.05, 0.1) is 5.92 Å².